The number of anilines is 2. The van der Waals surface area contributed by atoms with Gasteiger partial charge in [0.15, 0.2) is 0 Å². The molecular formula is C19H14F2N4O3S2. The van der Waals surface area contributed by atoms with Crippen LogP contribution in [0.2, 0.25) is 0 Å². The largest absolute Gasteiger partial charge is 0.443 e. The summed E-state index contributed by atoms with van der Waals surface area (Å²) in [7, 11) is -4.05. The lowest BCUT2D eigenvalue weighted by Gasteiger charge is -2.09. The van der Waals surface area contributed by atoms with Crippen LogP contribution < -0.4 is 10.0 Å². The Hall–Kier alpha value is -3.31. The zero-order valence-corrected chi connectivity index (χ0v) is 16.8. The van der Waals surface area contributed by atoms with E-state index in [0.717, 1.165) is 23.2 Å². The van der Waals surface area contributed by atoms with Gasteiger partial charge in [-0.15, -0.1) is 11.3 Å². The fourth-order valence-electron chi connectivity index (χ4n) is 2.55. The number of nitrogens with zero attached hydrogens (tertiary/aromatic N) is 2. The first-order valence-corrected chi connectivity index (χ1v) is 10.9. The summed E-state index contributed by atoms with van der Waals surface area (Å²) in [6, 6.07) is 9.02. The van der Waals surface area contributed by atoms with Crippen LogP contribution in [-0.2, 0) is 16.6 Å². The second kappa shape index (κ2) is 8.20. The molecule has 0 amide bonds. The minimum atomic E-state index is -4.05. The van der Waals surface area contributed by atoms with Crippen LogP contribution in [0.4, 0.5) is 20.3 Å². The topological polar surface area (TPSA) is 97.1 Å². The molecule has 0 saturated heterocycles. The maximum Gasteiger partial charge on any atom is 0.263 e. The number of oxazole rings is 1. The van der Waals surface area contributed by atoms with Gasteiger partial charge < -0.3 is 9.73 Å². The number of aromatic nitrogens is 2. The van der Waals surface area contributed by atoms with Crippen LogP contribution >= 0.6 is 11.3 Å². The lowest BCUT2D eigenvalue weighted by Crippen LogP contribution is -2.14. The molecule has 0 atom stereocenters. The number of hydrogen-bond acceptors (Lipinski definition) is 7. The van der Waals surface area contributed by atoms with E-state index in [9.17, 15) is 17.2 Å². The first kappa shape index (κ1) is 20.0. The van der Waals surface area contributed by atoms with Crippen molar-refractivity contribution in [2.75, 3.05) is 10.0 Å². The van der Waals surface area contributed by atoms with E-state index in [0.29, 0.717) is 30.0 Å². The van der Waals surface area contributed by atoms with Gasteiger partial charge >= 0.3 is 0 Å². The van der Waals surface area contributed by atoms with Crippen LogP contribution in [0.25, 0.3) is 10.8 Å². The van der Waals surface area contributed by atoms with Crippen LogP contribution in [0.15, 0.2) is 69.6 Å². The lowest BCUT2D eigenvalue weighted by molar-refractivity contribution is 0.574. The summed E-state index contributed by atoms with van der Waals surface area (Å²) in [5.41, 5.74) is 0.439. The maximum absolute atomic E-state index is 13.3. The zero-order valence-electron chi connectivity index (χ0n) is 15.2. The third-order valence-corrected chi connectivity index (χ3v) is 6.12. The number of sulfonamides is 1. The molecule has 30 heavy (non-hydrogen) atoms. The molecule has 0 aliphatic rings. The highest BCUT2D eigenvalue weighted by molar-refractivity contribution is 7.92. The molecule has 1 aromatic carbocycles. The lowest BCUT2D eigenvalue weighted by atomic mass is 10.3. The number of hydrogen-bond donors (Lipinski definition) is 2. The summed E-state index contributed by atoms with van der Waals surface area (Å²) < 4.78 is 58.9. The molecule has 4 rings (SSSR count). The molecule has 2 N–H and O–H groups in total. The first-order chi connectivity index (χ1) is 14.4. The molecule has 0 saturated carbocycles. The summed E-state index contributed by atoms with van der Waals surface area (Å²) in [6.07, 6.45) is 2.67. The quantitative estimate of drug-likeness (QED) is 0.432. The molecule has 11 heteroatoms. The molecule has 0 aliphatic carbocycles. The number of benzene rings is 1. The van der Waals surface area contributed by atoms with Gasteiger partial charge in [0.1, 0.15) is 28.6 Å². The maximum atomic E-state index is 13.3. The molecule has 3 aromatic heterocycles. The Morgan fingerprint density at radius 3 is 2.57 bits per heavy atom. The van der Waals surface area contributed by atoms with E-state index in [1.165, 1.54) is 29.7 Å². The monoisotopic (exact) mass is 448 g/mol. The van der Waals surface area contributed by atoms with Crippen molar-refractivity contribution in [1.29, 1.82) is 0 Å². The normalized spacial score (nSPS) is 11.4. The summed E-state index contributed by atoms with van der Waals surface area (Å²) in [5, 5.41) is 4.95. The Bertz CT molecular complexity index is 1240. The summed E-state index contributed by atoms with van der Waals surface area (Å²) >= 11 is 1.52. The molecule has 0 radical (unpaired) electrons. The van der Waals surface area contributed by atoms with Crippen molar-refractivity contribution in [3.63, 3.8) is 0 Å². The van der Waals surface area contributed by atoms with Crippen molar-refractivity contribution in [2.24, 2.45) is 0 Å². The van der Waals surface area contributed by atoms with Gasteiger partial charge in [0.25, 0.3) is 10.0 Å². The van der Waals surface area contributed by atoms with E-state index in [-0.39, 0.29) is 10.6 Å². The molecular weight excluding hydrogens is 434 g/mol. The Labute approximate surface area is 174 Å². The van der Waals surface area contributed by atoms with Crippen LogP contribution in [0, 0.1) is 11.6 Å². The van der Waals surface area contributed by atoms with E-state index >= 15 is 0 Å². The molecule has 0 unspecified atom stereocenters. The van der Waals surface area contributed by atoms with Gasteiger partial charge in [-0.05, 0) is 35.7 Å². The summed E-state index contributed by atoms with van der Waals surface area (Å²) in [4.78, 5) is 9.19. The van der Waals surface area contributed by atoms with Crippen molar-refractivity contribution < 1.29 is 21.6 Å². The Balaban J connectivity index is 1.41. The smallest absolute Gasteiger partial charge is 0.263 e. The van der Waals surface area contributed by atoms with Gasteiger partial charge in [-0.2, -0.15) is 0 Å². The molecule has 3 heterocycles. The predicted molar refractivity (Wildman–Crippen MR) is 109 cm³/mol. The van der Waals surface area contributed by atoms with Gasteiger partial charge in [0, 0.05) is 12.3 Å². The number of halogens is 2. The summed E-state index contributed by atoms with van der Waals surface area (Å²) in [5.74, 6) is -0.830. The van der Waals surface area contributed by atoms with Crippen LogP contribution in [0.1, 0.15) is 5.69 Å². The van der Waals surface area contributed by atoms with Crippen molar-refractivity contribution in [1.82, 2.24) is 9.97 Å². The number of thiophene rings is 1. The highest BCUT2D eigenvalue weighted by Gasteiger charge is 2.16. The minimum absolute atomic E-state index is 0.154. The molecule has 0 fully saturated rings. The van der Waals surface area contributed by atoms with E-state index < -0.39 is 21.7 Å². The first-order valence-electron chi connectivity index (χ1n) is 8.56. The molecule has 0 aliphatic heterocycles. The standard InChI is InChI=1S/C19H14F2N4O3S2/c20-12-6-13(21)8-14(7-12)25-30(26,27)16-3-4-18(23-10-16)22-9-15-11-28-19(24-15)17-2-1-5-29-17/h1-8,10-11,25H,9H2,(H,22,23). The van der Waals surface area contributed by atoms with Gasteiger partial charge in [-0.25, -0.2) is 27.2 Å². The number of pyridine rings is 1. The van der Waals surface area contributed by atoms with Crippen molar-refractivity contribution in [3.05, 3.63) is 77.6 Å². The molecule has 4 aromatic rings. The summed E-state index contributed by atoms with van der Waals surface area (Å²) in [6.45, 7) is 0.328. The van der Waals surface area contributed by atoms with Crippen molar-refractivity contribution in [2.45, 2.75) is 11.4 Å². The average molecular weight is 448 g/mol. The SMILES string of the molecule is O=S(=O)(Nc1cc(F)cc(F)c1)c1ccc(NCc2coc(-c3cccs3)n2)nc1. The fraction of sp³-hybridized carbons (Fsp3) is 0.0526. The van der Waals surface area contributed by atoms with Gasteiger partial charge in [0.05, 0.1) is 22.8 Å². The zero-order chi connectivity index (χ0) is 21.1. The highest BCUT2D eigenvalue weighted by Crippen LogP contribution is 2.24. The van der Waals surface area contributed by atoms with Crippen LogP contribution in [0.5, 0.6) is 0 Å². The van der Waals surface area contributed by atoms with Gasteiger partial charge in [-0.1, -0.05) is 6.07 Å². The predicted octanol–water partition coefficient (Wildman–Crippen LogP) is 4.49. The molecule has 154 valence electrons. The molecule has 7 nitrogen and oxygen atoms in total. The molecule has 0 spiro atoms. The average Bonchev–Trinajstić information content (AvgIpc) is 3.37. The number of rotatable bonds is 7. The van der Waals surface area contributed by atoms with E-state index in [1.54, 1.807) is 0 Å². The molecule has 0 bridgehead atoms. The van der Waals surface area contributed by atoms with Crippen molar-refractivity contribution >= 4 is 32.9 Å². The Morgan fingerprint density at radius 1 is 1.10 bits per heavy atom. The van der Waals surface area contributed by atoms with Crippen LogP contribution in [-0.4, -0.2) is 18.4 Å². The van der Waals surface area contributed by atoms with Crippen molar-refractivity contribution in [3.8, 4) is 10.8 Å². The third kappa shape index (κ3) is 4.63. The van der Waals surface area contributed by atoms with E-state index in [4.69, 9.17) is 4.42 Å². The number of nitrogens with one attached hydrogen (secondary N) is 2. The van der Waals surface area contributed by atoms with E-state index in [2.05, 4.69) is 20.0 Å². The second-order valence-electron chi connectivity index (χ2n) is 6.12. The van der Waals surface area contributed by atoms with Gasteiger partial charge in [-0.3, -0.25) is 4.72 Å². The minimum Gasteiger partial charge on any atom is -0.443 e. The Morgan fingerprint density at radius 2 is 1.90 bits per heavy atom. The second-order valence-corrected chi connectivity index (χ2v) is 8.75. The highest BCUT2D eigenvalue weighted by atomic mass is 32.2. The Kier molecular flexibility index (Phi) is 5.46. The fourth-order valence-corrected chi connectivity index (χ4v) is 4.19. The van der Waals surface area contributed by atoms with Crippen LogP contribution in [0.3, 0.4) is 0 Å². The van der Waals surface area contributed by atoms with Gasteiger partial charge in [0.2, 0.25) is 5.89 Å². The third-order valence-electron chi connectivity index (χ3n) is 3.90. The van der Waals surface area contributed by atoms with E-state index in [1.807, 2.05) is 17.5 Å².